The Morgan fingerprint density at radius 1 is 1.04 bits per heavy atom. The van der Waals surface area contributed by atoms with Gasteiger partial charge in [-0.15, -0.1) is 0 Å². The van der Waals surface area contributed by atoms with Crippen molar-refractivity contribution in [3.05, 3.63) is 65.9 Å². The summed E-state index contributed by atoms with van der Waals surface area (Å²) in [5, 5.41) is 7.23. The maximum atomic E-state index is 12.7. The van der Waals surface area contributed by atoms with Crippen molar-refractivity contribution in [3.8, 4) is 0 Å². The second kappa shape index (κ2) is 5.62. The molecule has 0 radical (unpaired) electrons. The molecule has 0 saturated carbocycles. The molecule has 6 heteroatoms. The van der Waals surface area contributed by atoms with Crippen LogP contribution < -0.4 is 15.5 Å². The molecule has 0 bridgehead atoms. The first kappa shape index (κ1) is 15.0. The quantitative estimate of drug-likeness (QED) is 0.666. The van der Waals surface area contributed by atoms with E-state index in [2.05, 4.69) is 21.7 Å². The summed E-state index contributed by atoms with van der Waals surface area (Å²) in [6.45, 7) is 0.430. The zero-order chi connectivity index (χ0) is 17.7. The third-order valence-corrected chi connectivity index (χ3v) is 5.32. The minimum absolute atomic E-state index is 0.0758. The van der Waals surface area contributed by atoms with Gasteiger partial charge in [-0.2, -0.15) is 0 Å². The molecular formula is C20H18N4O2. The van der Waals surface area contributed by atoms with Gasteiger partial charge in [0.15, 0.2) is 0 Å². The average Bonchev–Trinajstić information content (AvgIpc) is 3.16. The van der Waals surface area contributed by atoms with E-state index in [0.29, 0.717) is 24.2 Å². The molecular weight excluding hydrogens is 328 g/mol. The van der Waals surface area contributed by atoms with Crippen LogP contribution in [0.15, 0.2) is 54.7 Å². The number of H-pyrrole nitrogens is 1. The van der Waals surface area contributed by atoms with Gasteiger partial charge in [0.05, 0.1) is 23.3 Å². The molecule has 0 aliphatic carbocycles. The number of anilines is 1. The van der Waals surface area contributed by atoms with Crippen molar-refractivity contribution >= 4 is 28.5 Å². The first-order valence-electron chi connectivity index (χ1n) is 8.74. The number of hydrogen-bond acceptors (Lipinski definition) is 2. The summed E-state index contributed by atoms with van der Waals surface area (Å²) in [5.41, 5.74) is 3.46. The molecule has 0 unspecified atom stereocenters. The van der Waals surface area contributed by atoms with E-state index in [1.807, 2.05) is 42.6 Å². The number of carbonyl (C=O) groups is 2. The Balaban J connectivity index is 1.51. The molecule has 2 aromatic carbocycles. The molecule has 5 rings (SSSR count). The fourth-order valence-electron chi connectivity index (χ4n) is 4.07. The topological polar surface area (TPSA) is 77.2 Å². The molecule has 2 aliphatic rings. The van der Waals surface area contributed by atoms with Crippen LogP contribution >= 0.6 is 0 Å². The molecule has 26 heavy (non-hydrogen) atoms. The molecule has 3 amide bonds. The summed E-state index contributed by atoms with van der Waals surface area (Å²) in [6, 6.07) is 15.1. The Hall–Kier alpha value is -3.28. The van der Waals surface area contributed by atoms with Gasteiger partial charge >= 0.3 is 6.03 Å². The molecule has 130 valence electrons. The molecule has 1 fully saturated rings. The SMILES string of the molecule is O=C1NC[C@H]2[C@H](Cc3c[nH]c4ccccc34)NC(=O)N2c2ccccc21. The molecule has 0 spiro atoms. The molecule has 1 saturated heterocycles. The Morgan fingerprint density at radius 2 is 1.85 bits per heavy atom. The predicted molar refractivity (Wildman–Crippen MR) is 99.4 cm³/mol. The van der Waals surface area contributed by atoms with E-state index in [4.69, 9.17) is 0 Å². The van der Waals surface area contributed by atoms with Crippen molar-refractivity contribution in [2.24, 2.45) is 0 Å². The minimum Gasteiger partial charge on any atom is -0.361 e. The summed E-state index contributed by atoms with van der Waals surface area (Å²) >= 11 is 0. The largest absolute Gasteiger partial charge is 0.361 e. The Bertz CT molecular complexity index is 1030. The number of aromatic nitrogens is 1. The monoisotopic (exact) mass is 346 g/mol. The van der Waals surface area contributed by atoms with Gasteiger partial charge in [-0.3, -0.25) is 9.69 Å². The van der Waals surface area contributed by atoms with E-state index in [-0.39, 0.29) is 24.0 Å². The lowest BCUT2D eigenvalue weighted by Gasteiger charge is -2.24. The van der Waals surface area contributed by atoms with E-state index in [1.165, 1.54) is 5.39 Å². The van der Waals surface area contributed by atoms with E-state index in [0.717, 1.165) is 11.1 Å². The van der Waals surface area contributed by atoms with Gasteiger partial charge in [-0.05, 0) is 30.2 Å². The zero-order valence-electron chi connectivity index (χ0n) is 14.0. The number of amides is 3. The summed E-state index contributed by atoms with van der Waals surface area (Å²) in [5.74, 6) is -0.131. The van der Waals surface area contributed by atoms with Gasteiger partial charge in [0.25, 0.3) is 5.91 Å². The van der Waals surface area contributed by atoms with Crippen LogP contribution in [0.25, 0.3) is 10.9 Å². The number of fused-ring (bicyclic) bond motifs is 4. The molecule has 3 aromatic rings. The highest BCUT2D eigenvalue weighted by molar-refractivity contribution is 6.07. The smallest absolute Gasteiger partial charge is 0.322 e. The molecule has 1 aromatic heterocycles. The normalized spacial score (nSPS) is 21.8. The van der Waals surface area contributed by atoms with Gasteiger partial charge in [-0.1, -0.05) is 30.3 Å². The number of rotatable bonds is 2. The Morgan fingerprint density at radius 3 is 2.77 bits per heavy atom. The number of nitrogens with zero attached hydrogens (tertiary/aromatic N) is 1. The number of hydrogen-bond donors (Lipinski definition) is 3. The highest BCUT2D eigenvalue weighted by atomic mass is 16.2. The third kappa shape index (κ3) is 2.19. The van der Waals surface area contributed by atoms with Crippen molar-refractivity contribution in [2.45, 2.75) is 18.5 Å². The van der Waals surface area contributed by atoms with Gasteiger partial charge in [0.1, 0.15) is 0 Å². The fraction of sp³-hybridized carbons (Fsp3) is 0.200. The van der Waals surface area contributed by atoms with E-state index >= 15 is 0 Å². The molecule has 3 heterocycles. The maximum Gasteiger partial charge on any atom is 0.322 e. The number of benzene rings is 2. The number of para-hydroxylation sites is 2. The van der Waals surface area contributed by atoms with Crippen LogP contribution in [0, 0.1) is 0 Å². The van der Waals surface area contributed by atoms with Gasteiger partial charge in [-0.25, -0.2) is 4.79 Å². The van der Waals surface area contributed by atoms with Gasteiger partial charge in [0.2, 0.25) is 0 Å². The van der Waals surface area contributed by atoms with Crippen molar-refractivity contribution in [1.82, 2.24) is 15.6 Å². The number of carbonyl (C=O) groups excluding carboxylic acids is 2. The molecule has 3 N–H and O–H groups in total. The number of aromatic amines is 1. The summed E-state index contributed by atoms with van der Waals surface area (Å²) in [6.07, 6.45) is 2.71. The lowest BCUT2D eigenvalue weighted by molar-refractivity contribution is 0.0954. The van der Waals surface area contributed by atoms with Crippen LogP contribution in [-0.4, -0.2) is 35.6 Å². The number of nitrogens with one attached hydrogen (secondary N) is 3. The van der Waals surface area contributed by atoms with Crippen LogP contribution in [0.4, 0.5) is 10.5 Å². The number of urea groups is 1. The predicted octanol–water partition coefficient (Wildman–Crippen LogP) is 2.42. The third-order valence-electron chi connectivity index (χ3n) is 5.32. The average molecular weight is 346 g/mol. The van der Waals surface area contributed by atoms with Crippen molar-refractivity contribution in [3.63, 3.8) is 0 Å². The van der Waals surface area contributed by atoms with Gasteiger partial charge in [0, 0.05) is 23.6 Å². The van der Waals surface area contributed by atoms with Crippen LogP contribution in [-0.2, 0) is 6.42 Å². The van der Waals surface area contributed by atoms with E-state index < -0.39 is 0 Å². The molecule has 2 atom stereocenters. The van der Waals surface area contributed by atoms with Crippen molar-refractivity contribution in [2.75, 3.05) is 11.4 Å². The molecule has 2 aliphatic heterocycles. The lowest BCUT2D eigenvalue weighted by atomic mass is 9.99. The summed E-state index contributed by atoms with van der Waals surface area (Å²) < 4.78 is 0. The van der Waals surface area contributed by atoms with Crippen LogP contribution in [0.1, 0.15) is 15.9 Å². The second-order valence-corrected chi connectivity index (χ2v) is 6.78. The first-order chi connectivity index (χ1) is 12.7. The van der Waals surface area contributed by atoms with Crippen molar-refractivity contribution < 1.29 is 9.59 Å². The first-order valence-corrected chi connectivity index (χ1v) is 8.74. The highest BCUT2D eigenvalue weighted by Gasteiger charge is 2.43. The van der Waals surface area contributed by atoms with E-state index in [9.17, 15) is 9.59 Å². The minimum atomic E-state index is -0.149. The standard InChI is InChI=1S/C20H18N4O2/c25-19-14-6-2-4-8-17(14)24-18(11-22-19)16(23-20(24)26)9-12-10-21-15-7-3-1-5-13(12)15/h1-8,10,16,18,21H,9,11H2,(H,22,25)(H,23,26)/t16-,18-/m0/s1. The van der Waals surface area contributed by atoms with E-state index in [1.54, 1.807) is 11.0 Å². The second-order valence-electron chi connectivity index (χ2n) is 6.78. The lowest BCUT2D eigenvalue weighted by Crippen LogP contribution is -2.44. The maximum absolute atomic E-state index is 12.7. The summed E-state index contributed by atoms with van der Waals surface area (Å²) in [7, 11) is 0. The Labute approximate surface area is 150 Å². The summed E-state index contributed by atoms with van der Waals surface area (Å²) in [4.78, 5) is 30.1. The molecule has 6 nitrogen and oxygen atoms in total. The Kier molecular flexibility index (Phi) is 3.25. The van der Waals surface area contributed by atoms with Crippen LogP contribution in [0.2, 0.25) is 0 Å². The van der Waals surface area contributed by atoms with Crippen LogP contribution in [0.3, 0.4) is 0 Å². The van der Waals surface area contributed by atoms with Gasteiger partial charge < -0.3 is 15.6 Å². The van der Waals surface area contributed by atoms with Crippen LogP contribution in [0.5, 0.6) is 0 Å². The fourth-order valence-corrected chi connectivity index (χ4v) is 4.07. The zero-order valence-corrected chi connectivity index (χ0v) is 14.0. The highest BCUT2D eigenvalue weighted by Crippen LogP contribution is 2.31. The van der Waals surface area contributed by atoms with Crippen molar-refractivity contribution in [1.29, 1.82) is 0 Å².